The van der Waals surface area contributed by atoms with E-state index in [1.807, 2.05) is 61.5 Å². The van der Waals surface area contributed by atoms with Crippen LogP contribution in [0, 0.1) is 6.92 Å². The van der Waals surface area contributed by atoms with Crippen LogP contribution in [0.2, 0.25) is 0 Å². The predicted octanol–water partition coefficient (Wildman–Crippen LogP) is 6.36. The third-order valence-corrected chi connectivity index (χ3v) is 9.17. The summed E-state index contributed by atoms with van der Waals surface area (Å²) < 4.78 is 35.7. The van der Waals surface area contributed by atoms with Gasteiger partial charge in [-0.1, -0.05) is 109 Å². The number of methoxy groups -OCH3 is 1. The summed E-state index contributed by atoms with van der Waals surface area (Å²) in [5.41, 5.74) is 4.14. The highest BCUT2D eigenvalue weighted by molar-refractivity contribution is 8.00. The van der Waals surface area contributed by atoms with E-state index in [4.69, 9.17) is 8.92 Å². The van der Waals surface area contributed by atoms with E-state index in [2.05, 4.69) is 36.4 Å². The molecule has 0 saturated carbocycles. The molecule has 0 aliphatic heterocycles. The van der Waals surface area contributed by atoms with E-state index >= 15 is 0 Å². The normalized spacial score (nSPS) is 12.6. The zero-order valence-corrected chi connectivity index (χ0v) is 23.0. The van der Waals surface area contributed by atoms with E-state index in [-0.39, 0.29) is 11.3 Å². The lowest BCUT2D eigenvalue weighted by molar-refractivity contribution is -0.148. The molecule has 5 nitrogen and oxygen atoms in total. The van der Waals surface area contributed by atoms with Crippen LogP contribution in [0.15, 0.2) is 120 Å². The summed E-state index contributed by atoms with van der Waals surface area (Å²) in [6.07, 6.45) is -1.14. The third kappa shape index (κ3) is 6.18. The van der Waals surface area contributed by atoms with Crippen molar-refractivity contribution in [1.29, 1.82) is 0 Å². The molecule has 1 atom stereocenters. The summed E-state index contributed by atoms with van der Waals surface area (Å²) in [7, 11) is -2.94. The van der Waals surface area contributed by atoms with Crippen LogP contribution in [0.4, 0.5) is 0 Å². The van der Waals surface area contributed by atoms with Crippen LogP contribution in [0.1, 0.15) is 28.7 Å². The zero-order valence-electron chi connectivity index (χ0n) is 21.3. The van der Waals surface area contributed by atoms with E-state index in [1.165, 1.54) is 19.2 Å². The molecule has 7 heteroatoms. The molecule has 38 heavy (non-hydrogen) atoms. The van der Waals surface area contributed by atoms with Crippen molar-refractivity contribution < 1.29 is 22.1 Å². The van der Waals surface area contributed by atoms with Crippen LogP contribution < -0.4 is 0 Å². The molecule has 0 amide bonds. The Morgan fingerprint density at radius 2 is 1.21 bits per heavy atom. The number of carbonyl (C=O) groups excluding carboxylic acids is 1. The lowest BCUT2D eigenvalue weighted by atomic mass is 9.84. The maximum atomic E-state index is 13.0. The lowest BCUT2D eigenvalue weighted by Crippen LogP contribution is -2.31. The number of rotatable bonds is 11. The fraction of sp³-hybridized carbons (Fsp3) is 0.194. The Morgan fingerprint density at radius 1 is 0.763 bits per heavy atom. The fourth-order valence-electron chi connectivity index (χ4n) is 4.34. The molecule has 0 aliphatic rings. The minimum absolute atomic E-state index is 0.00291. The minimum atomic E-state index is -4.16. The molecule has 4 rings (SSSR count). The Hall–Kier alpha value is -3.39. The lowest BCUT2D eigenvalue weighted by Gasteiger charge is -2.35. The summed E-state index contributed by atoms with van der Waals surface area (Å²) in [5, 5.41) is 0. The number of hydrogen-bond donors (Lipinski definition) is 0. The summed E-state index contributed by atoms with van der Waals surface area (Å²) in [4.78, 5) is 12.6. The SMILES string of the molecule is COC(=O)C(CCSC(c1ccccc1)(c1ccccc1)c1ccccc1)OS(=O)(=O)c1ccc(C)cc1. The number of benzene rings is 4. The van der Waals surface area contributed by atoms with Gasteiger partial charge in [-0.15, -0.1) is 11.8 Å². The van der Waals surface area contributed by atoms with E-state index in [0.717, 1.165) is 22.3 Å². The second-order valence-electron chi connectivity index (χ2n) is 8.79. The highest BCUT2D eigenvalue weighted by Gasteiger charge is 2.38. The molecule has 0 saturated heterocycles. The molecule has 4 aromatic carbocycles. The quantitative estimate of drug-likeness (QED) is 0.124. The topological polar surface area (TPSA) is 69.7 Å². The van der Waals surface area contributed by atoms with Crippen LogP contribution >= 0.6 is 11.8 Å². The van der Waals surface area contributed by atoms with Gasteiger partial charge in [0.2, 0.25) is 0 Å². The summed E-state index contributed by atoms with van der Waals surface area (Å²) >= 11 is 1.63. The summed E-state index contributed by atoms with van der Waals surface area (Å²) in [6.45, 7) is 1.87. The Balaban J connectivity index is 1.67. The van der Waals surface area contributed by atoms with Crippen molar-refractivity contribution in [2.75, 3.05) is 12.9 Å². The first-order chi connectivity index (χ1) is 18.4. The van der Waals surface area contributed by atoms with E-state index < -0.39 is 26.9 Å². The first kappa shape index (κ1) is 27.6. The van der Waals surface area contributed by atoms with Crippen LogP contribution in [-0.4, -0.2) is 33.4 Å². The van der Waals surface area contributed by atoms with Crippen LogP contribution in [0.5, 0.6) is 0 Å². The largest absolute Gasteiger partial charge is 0.467 e. The van der Waals surface area contributed by atoms with Gasteiger partial charge in [0.15, 0.2) is 6.10 Å². The van der Waals surface area contributed by atoms with Crippen molar-refractivity contribution >= 4 is 27.8 Å². The fourth-order valence-corrected chi connectivity index (χ4v) is 6.95. The summed E-state index contributed by atoms with van der Waals surface area (Å²) in [5.74, 6) is -0.312. The number of hydrogen-bond acceptors (Lipinski definition) is 6. The predicted molar refractivity (Wildman–Crippen MR) is 152 cm³/mol. The van der Waals surface area contributed by atoms with Crippen LogP contribution in [0.25, 0.3) is 0 Å². The molecule has 0 spiro atoms. The Morgan fingerprint density at radius 3 is 1.63 bits per heavy atom. The van der Waals surface area contributed by atoms with E-state index in [9.17, 15) is 13.2 Å². The molecular weight excluding hydrogens is 516 g/mol. The van der Waals surface area contributed by atoms with Crippen molar-refractivity contribution in [3.63, 3.8) is 0 Å². The number of thioether (sulfide) groups is 1. The van der Waals surface area contributed by atoms with Crippen molar-refractivity contribution in [2.24, 2.45) is 0 Å². The third-order valence-electron chi connectivity index (χ3n) is 6.26. The Bertz CT molecular complexity index is 1330. The molecule has 0 heterocycles. The standard InChI is InChI=1S/C31H30O5S2/c1-24-18-20-28(21-19-24)38(33,34)36-29(30(32)35-2)22-23-37-31(25-12-6-3-7-13-25,26-14-8-4-9-15-26)27-16-10-5-11-17-27/h3-21,29H,22-23H2,1-2H3. The van der Waals surface area contributed by atoms with Gasteiger partial charge >= 0.3 is 5.97 Å². The van der Waals surface area contributed by atoms with Crippen LogP contribution in [-0.2, 0) is 28.6 Å². The minimum Gasteiger partial charge on any atom is -0.467 e. The Kier molecular flexibility index (Phi) is 9.05. The number of aryl methyl sites for hydroxylation is 1. The molecule has 4 aromatic rings. The van der Waals surface area contributed by atoms with Gasteiger partial charge in [0.25, 0.3) is 10.1 Å². The first-order valence-electron chi connectivity index (χ1n) is 12.2. The van der Waals surface area contributed by atoms with Gasteiger partial charge in [-0.25, -0.2) is 4.79 Å². The molecule has 0 aromatic heterocycles. The maximum absolute atomic E-state index is 13.0. The number of ether oxygens (including phenoxy) is 1. The second-order valence-corrected chi connectivity index (χ2v) is 11.7. The van der Waals surface area contributed by atoms with Crippen LogP contribution in [0.3, 0.4) is 0 Å². The van der Waals surface area contributed by atoms with Gasteiger partial charge in [-0.05, 0) is 47.9 Å². The maximum Gasteiger partial charge on any atom is 0.336 e. The van der Waals surface area contributed by atoms with Gasteiger partial charge in [-0.2, -0.15) is 8.42 Å². The second kappa shape index (κ2) is 12.4. The molecule has 0 aliphatic carbocycles. The molecule has 0 fully saturated rings. The molecule has 0 N–H and O–H groups in total. The summed E-state index contributed by atoms with van der Waals surface area (Å²) in [6, 6.07) is 36.8. The van der Waals surface area contributed by atoms with Crippen molar-refractivity contribution in [2.45, 2.75) is 29.1 Å². The smallest absolute Gasteiger partial charge is 0.336 e. The number of esters is 1. The highest BCUT2D eigenvalue weighted by atomic mass is 32.2. The van der Waals surface area contributed by atoms with Gasteiger partial charge in [0, 0.05) is 0 Å². The van der Waals surface area contributed by atoms with Gasteiger partial charge < -0.3 is 4.74 Å². The molecular formula is C31H30O5S2. The van der Waals surface area contributed by atoms with Gasteiger partial charge in [0.05, 0.1) is 16.8 Å². The van der Waals surface area contributed by atoms with Crippen molar-refractivity contribution in [3.05, 3.63) is 138 Å². The number of carbonyl (C=O) groups is 1. The molecule has 196 valence electrons. The van der Waals surface area contributed by atoms with Crippen molar-refractivity contribution in [3.8, 4) is 0 Å². The molecule has 0 bridgehead atoms. The van der Waals surface area contributed by atoms with Crippen molar-refractivity contribution in [1.82, 2.24) is 0 Å². The van der Waals surface area contributed by atoms with E-state index in [1.54, 1.807) is 23.9 Å². The van der Waals surface area contributed by atoms with Gasteiger partial charge in [0.1, 0.15) is 0 Å². The zero-order chi connectivity index (χ0) is 27.0. The average molecular weight is 547 g/mol. The van der Waals surface area contributed by atoms with E-state index in [0.29, 0.717) is 5.75 Å². The monoisotopic (exact) mass is 546 g/mol. The average Bonchev–Trinajstić information content (AvgIpc) is 2.96. The van der Waals surface area contributed by atoms with Gasteiger partial charge in [-0.3, -0.25) is 4.18 Å². The Labute approximate surface area is 229 Å². The molecule has 0 radical (unpaired) electrons. The highest BCUT2D eigenvalue weighted by Crippen LogP contribution is 2.48. The first-order valence-corrected chi connectivity index (χ1v) is 14.6. The molecule has 1 unspecified atom stereocenters.